The maximum Gasteiger partial charge on any atom is 0.0558 e. The zero-order valence-corrected chi connectivity index (χ0v) is 10.8. The maximum absolute atomic E-state index is 6.01. The molecule has 2 heteroatoms. The molecule has 0 bridgehead atoms. The van der Waals surface area contributed by atoms with E-state index in [4.69, 9.17) is 10.5 Å². The molecule has 2 atom stereocenters. The van der Waals surface area contributed by atoms with Gasteiger partial charge in [0.2, 0.25) is 0 Å². The fourth-order valence-corrected chi connectivity index (χ4v) is 1.83. The lowest BCUT2D eigenvalue weighted by atomic mass is 10.0. The summed E-state index contributed by atoms with van der Waals surface area (Å²) in [7, 11) is 1.75. The average molecular weight is 215 g/mol. The van der Waals surface area contributed by atoms with Gasteiger partial charge in [-0.3, -0.25) is 0 Å². The van der Waals surface area contributed by atoms with Gasteiger partial charge < -0.3 is 10.5 Å². The molecule has 0 aliphatic carbocycles. The van der Waals surface area contributed by atoms with Crippen molar-refractivity contribution in [1.29, 1.82) is 0 Å². The summed E-state index contributed by atoms with van der Waals surface area (Å²) in [4.78, 5) is 0. The lowest BCUT2D eigenvalue weighted by Gasteiger charge is -2.15. The number of rotatable bonds is 10. The van der Waals surface area contributed by atoms with Crippen molar-refractivity contribution in [2.24, 2.45) is 5.73 Å². The Morgan fingerprint density at radius 1 is 1.07 bits per heavy atom. The number of hydrogen-bond acceptors (Lipinski definition) is 2. The predicted molar refractivity (Wildman–Crippen MR) is 67.1 cm³/mol. The van der Waals surface area contributed by atoms with Crippen molar-refractivity contribution in [2.45, 2.75) is 77.4 Å². The highest BCUT2D eigenvalue weighted by Crippen LogP contribution is 2.10. The van der Waals surface area contributed by atoms with Crippen LogP contribution in [0, 0.1) is 0 Å². The molecule has 15 heavy (non-hydrogen) atoms. The Morgan fingerprint density at radius 2 is 1.67 bits per heavy atom. The molecule has 0 saturated carbocycles. The zero-order chi connectivity index (χ0) is 11.5. The average Bonchev–Trinajstić information content (AvgIpc) is 2.23. The van der Waals surface area contributed by atoms with Gasteiger partial charge in [0.1, 0.15) is 0 Å². The fourth-order valence-electron chi connectivity index (χ4n) is 1.83. The number of methoxy groups -OCH3 is 1. The molecule has 0 fully saturated rings. The van der Waals surface area contributed by atoms with Crippen LogP contribution in [0.2, 0.25) is 0 Å². The van der Waals surface area contributed by atoms with Crippen molar-refractivity contribution in [2.75, 3.05) is 7.11 Å². The van der Waals surface area contributed by atoms with E-state index in [-0.39, 0.29) is 0 Å². The monoisotopic (exact) mass is 215 g/mol. The first-order chi connectivity index (χ1) is 7.20. The molecule has 0 aliphatic heterocycles. The Balaban J connectivity index is 3.20. The third-order valence-corrected chi connectivity index (χ3v) is 2.97. The van der Waals surface area contributed by atoms with E-state index in [2.05, 4.69) is 13.8 Å². The van der Waals surface area contributed by atoms with E-state index in [9.17, 15) is 0 Å². The molecule has 2 N–H and O–H groups in total. The highest BCUT2D eigenvalue weighted by atomic mass is 16.5. The molecule has 0 aromatic rings. The largest absolute Gasteiger partial charge is 0.382 e. The quantitative estimate of drug-likeness (QED) is 0.566. The molecule has 92 valence electrons. The van der Waals surface area contributed by atoms with E-state index in [0.717, 1.165) is 12.8 Å². The number of unbranched alkanes of at least 4 members (excludes halogenated alkanes) is 5. The van der Waals surface area contributed by atoms with Crippen molar-refractivity contribution in [1.82, 2.24) is 0 Å². The molecule has 0 heterocycles. The number of nitrogens with two attached hydrogens (primary N) is 1. The van der Waals surface area contributed by atoms with Crippen molar-refractivity contribution in [3.05, 3.63) is 0 Å². The summed E-state index contributed by atoms with van der Waals surface area (Å²) in [6, 6.07) is 0.325. The van der Waals surface area contributed by atoms with Crippen LogP contribution in [-0.4, -0.2) is 19.3 Å². The molecular formula is C13H29NO. The van der Waals surface area contributed by atoms with Crippen molar-refractivity contribution in [3.63, 3.8) is 0 Å². The second kappa shape index (κ2) is 10.4. The maximum atomic E-state index is 6.01. The molecule has 2 unspecified atom stereocenters. The summed E-state index contributed by atoms with van der Waals surface area (Å²) in [5, 5.41) is 0. The van der Waals surface area contributed by atoms with Gasteiger partial charge in [-0.05, 0) is 19.8 Å². The molecule has 0 aromatic heterocycles. The summed E-state index contributed by atoms with van der Waals surface area (Å²) >= 11 is 0. The highest BCUT2D eigenvalue weighted by molar-refractivity contribution is 4.65. The lowest BCUT2D eigenvalue weighted by Crippen LogP contribution is -2.25. The van der Waals surface area contributed by atoms with E-state index >= 15 is 0 Å². The first-order valence-corrected chi connectivity index (χ1v) is 6.49. The minimum absolute atomic E-state index is 0.306. The Bertz CT molecular complexity index is 128. The lowest BCUT2D eigenvalue weighted by molar-refractivity contribution is 0.103. The normalized spacial score (nSPS) is 15.2. The van der Waals surface area contributed by atoms with Gasteiger partial charge in [-0.25, -0.2) is 0 Å². The van der Waals surface area contributed by atoms with Crippen LogP contribution in [0.5, 0.6) is 0 Å². The minimum atomic E-state index is 0.306. The smallest absolute Gasteiger partial charge is 0.0558 e. The Labute approximate surface area is 95.6 Å². The molecule has 0 aromatic carbocycles. The van der Waals surface area contributed by atoms with Crippen molar-refractivity contribution in [3.8, 4) is 0 Å². The Morgan fingerprint density at radius 3 is 2.27 bits per heavy atom. The third kappa shape index (κ3) is 10.2. The van der Waals surface area contributed by atoms with Crippen LogP contribution in [-0.2, 0) is 4.74 Å². The van der Waals surface area contributed by atoms with Gasteiger partial charge in [-0.2, -0.15) is 0 Å². The van der Waals surface area contributed by atoms with Crippen molar-refractivity contribution < 1.29 is 4.74 Å². The fraction of sp³-hybridized carbons (Fsp3) is 1.00. The van der Waals surface area contributed by atoms with Gasteiger partial charge in [-0.15, -0.1) is 0 Å². The second-order valence-corrected chi connectivity index (χ2v) is 4.60. The third-order valence-electron chi connectivity index (χ3n) is 2.97. The van der Waals surface area contributed by atoms with Crippen LogP contribution in [0.3, 0.4) is 0 Å². The summed E-state index contributed by atoms with van der Waals surface area (Å²) in [5.41, 5.74) is 6.01. The molecule has 0 aliphatic rings. The van der Waals surface area contributed by atoms with E-state index < -0.39 is 0 Å². The predicted octanol–water partition coefficient (Wildman–Crippen LogP) is 3.49. The second-order valence-electron chi connectivity index (χ2n) is 4.60. The standard InChI is InChI=1S/C13H29NO/c1-4-5-6-7-8-9-10-13(14)11-12(2)15-3/h12-13H,4-11,14H2,1-3H3. The Kier molecular flexibility index (Phi) is 10.4. The summed E-state index contributed by atoms with van der Waals surface area (Å²) in [6.07, 6.45) is 10.5. The van der Waals surface area contributed by atoms with E-state index in [1.54, 1.807) is 7.11 Å². The van der Waals surface area contributed by atoms with Crippen LogP contribution < -0.4 is 5.73 Å². The van der Waals surface area contributed by atoms with Gasteiger partial charge >= 0.3 is 0 Å². The van der Waals surface area contributed by atoms with Crippen LogP contribution in [0.15, 0.2) is 0 Å². The number of ether oxygens (including phenoxy) is 1. The SMILES string of the molecule is CCCCCCCCC(N)CC(C)OC. The summed E-state index contributed by atoms with van der Waals surface area (Å²) < 4.78 is 5.20. The minimum Gasteiger partial charge on any atom is -0.382 e. The van der Waals surface area contributed by atoms with E-state index in [1.807, 2.05) is 0 Å². The topological polar surface area (TPSA) is 35.2 Å². The zero-order valence-electron chi connectivity index (χ0n) is 10.8. The van der Waals surface area contributed by atoms with Crippen LogP contribution in [0.4, 0.5) is 0 Å². The van der Waals surface area contributed by atoms with Crippen LogP contribution in [0.25, 0.3) is 0 Å². The van der Waals surface area contributed by atoms with Gasteiger partial charge in [-0.1, -0.05) is 45.4 Å². The highest BCUT2D eigenvalue weighted by Gasteiger charge is 2.07. The first kappa shape index (κ1) is 14.9. The molecular weight excluding hydrogens is 186 g/mol. The van der Waals surface area contributed by atoms with Gasteiger partial charge in [0.25, 0.3) is 0 Å². The van der Waals surface area contributed by atoms with Gasteiger partial charge in [0.05, 0.1) is 6.10 Å². The Hall–Kier alpha value is -0.0800. The molecule has 0 saturated heterocycles. The summed E-state index contributed by atoms with van der Waals surface area (Å²) in [5.74, 6) is 0. The molecule has 0 spiro atoms. The van der Waals surface area contributed by atoms with Gasteiger partial charge in [0.15, 0.2) is 0 Å². The first-order valence-electron chi connectivity index (χ1n) is 6.49. The summed E-state index contributed by atoms with van der Waals surface area (Å²) in [6.45, 7) is 4.34. The van der Waals surface area contributed by atoms with Crippen LogP contribution >= 0.6 is 0 Å². The molecule has 0 rings (SSSR count). The molecule has 0 radical (unpaired) electrons. The molecule has 0 amide bonds. The number of hydrogen-bond donors (Lipinski definition) is 1. The molecule has 2 nitrogen and oxygen atoms in total. The van der Waals surface area contributed by atoms with Gasteiger partial charge in [0, 0.05) is 13.2 Å². The van der Waals surface area contributed by atoms with E-state index in [1.165, 1.54) is 38.5 Å². The van der Waals surface area contributed by atoms with E-state index in [0.29, 0.717) is 12.1 Å². The van der Waals surface area contributed by atoms with Crippen molar-refractivity contribution >= 4 is 0 Å². The van der Waals surface area contributed by atoms with Crippen LogP contribution in [0.1, 0.15) is 65.2 Å².